The van der Waals surface area contributed by atoms with E-state index < -0.39 is 0 Å². The number of carbonyl (C=O) groups excluding carboxylic acids is 1. The van der Waals surface area contributed by atoms with Crippen molar-refractivity contribution in [2.45, 2.75) is 50.7 Å². The monoisotopic (exact) mass is 510 g/mol. The summed E-state index contributed by atoms with van der Waals surface area (Å²) < 4.78 is 23.1. The Morgan fingerprint density at radius 2 is 1.92 bits per heavy atom. The fourth-order valence-electron chi connectivity index (χ4n) is 5.49. The molecule has 7 nitrogen and oxygen atoms in total. The first-order valence-corrected chi connectivity index (χ1v) is 13.4. The quantitative estimate of drug-likeness (QED) is 0.402. The number of nitrogens with zero attached hydrogens (tertiary/aromatic N) is 2. The molecular formula is C30H42N2O5. The SMILES string of the molecule is COCCCN1CCOc2ccc(CO[C@H]3CC[C@H](CC(=O)N(C)C)C[C@@H]3c3ccc(OC)cc3)cc21. The van der Waals surface area contributed by atoms with Crippen molar-refractivity contribution in [1.82, 2.24) is 4.90 Å². The summed E-state index contributed by atoms with van der Waals surface area (Å²) in [5.41, 5.74) is 3.54. The van der Waals surface area contributed by atoms with Crippen LogP contribution in [0.2, 0.25) is 0 Å². The summed E-state index contributed by atoms with van der Waals surface area (Å²) >= 11 is 0. The number of hydrogen-bond acceptors (Lipinski definition) is 6. The van der Waals surface area contributed by atoms with E-state index in [1.165, 1.54) is 5.56 Å². The van der Waals surface area contributed by atoms with Crippen LogP contribution < -0.4 is 14.4 Å². The summed E-state index contributed by atoms with van der Waals surface area (Å²) in [4.78, 5) is 16.5. The van der Waals surface area contributed by atoms with E-state index in [9.17, 15) is 4.79 Å². The number of rotatable bonds is 11. The molecule has 7 heteroatoms. The Morgan fingerprint density at radius 3 is 2.65 bits per heavy atom. The predicted octanol–water partition coefficient (Wildman–Crippen LogP) is 4.88. The Morgan fingerprint density at radius 1 is 1.11 bits per heavy atom. The predicted molar refractivity (Wildman–Crippen MR) is 146 cm³/mol. The molecule has 0 bridgehead atoms. The van der Waals surface area contributed by atoms with Gasteiger partial charge < -0.3 is 28.7 Å². The second-order valence-electron chi connectivity index (χ2n) is 10.4. The lowest BCUT2D eigenvalue weighted by Gasteiger charge is -2.37. The van der Waals surface area contributed by atoms with Gasteiger partial charge in [0.15, 0.2) is 0 Å². The number of hydrogen-bond donors (Lipinski definition) is 0. The largest absolute Gasteiger partial charge is 0.497 e. The zero-order valence-corrected chi connectivity index (χ0v) is 22.8. The molecule has 2 aromatic rings. The van der Waals surface area contributed by atoms with Crippen LogP contribution in [0.4, 0.5) is 5.69 Å². The lowest BCUT2D eigenvalue weighted by Crippen LogP contribution is -2.34. The Balaban J connectivity index is 1.46. The van der Waals surface area contributed by atoms with Crippen molar-refractivity contribution in [2.75, 3.05) is 59.5 Å². The van der Waals surface area contributed by atoms with Crippen LogP contribution in [0.3, 0.4) is 0 Å². The molecule has 0 saturated heterocycles. The zero-order valence-electron chi connectivity index (χ0n) is 22.8. The first-order valence-electron chi connectivity index (χ1n) is 13.4. The van der Waals surface area contributed by atoms with Crippen molar-refractivity contribution in [1.29, 1.82) is 0 Å². The van der Waals surface area contributed by atoms with Gasteiger partial charge in [-0.1, -0.05) is 18.2 Å². The van der Waals surface area contributed by atoms with Gasteiger partial charge in [-0.2, -0.15) is 0 Å². The van der Waals surface area contributed by atoms with Crippen LogP contribution >= 0.6 is 0 Å². The number of fused-ring (bicyclic) bond motifs is 1. The third-order valence-corrected chi connectivity index (χ3v) is 7.62. The van der Waals surface area contributed by atoms with Crippen LogP contribution in [0, 0.1) is 5.92 Å². The minimum Gasteiger partial charge on any atom is -0.497 e. The lowest BCUT2D eigenvalue weighted by molar-refractivity contribution is -0.130. The molecule has 1 aliphatic heterocycles. The average Bonchev–Trinajstić information content (AvgIpc) is 2.92. The third-order valence-electron chi connectivity index (χ3n) is 7.62. The molecule has 0 unspecified atom stereocenters. The first-order chi connectivity index (χ1) is 18.0. The zero-order chi connectivity index (χ0) is 26.2. The van der Waals surface area contributed by atoms with Crippen LogP contribution in [-0.4, -0.2) is 71.5 Å². The number of anilines is 1. The number of benzene rings is 2. The summed E-state index contributed by atoms with van der Waals surface area (Å²) in [5, 5.41) is 0. The molecule has 2 aliphatic rings. The van der Waals surface area contributed by atoms with Crippen molar-refractivity contribution in [2.24, 2.45) is 5.92 Å². The maximum absolute atomic E-state index is 12.4. The van der Waals surface area contributed by atoms with E-state index in [0.717, 1.165) is 68.1 Å². The smallest absolute Gasteiger partial charge is 0.222 e. The summed E-state index contributed by atoms with van der Waals surface area (Å²) in [6, 6.07) is 14.7. The number of carbonyl (C=O) groups is 1. The molecule has 1 amide bonds. The Bertz CT molecular complexity index is 1010. The third kappa shape index (κ3) is 7.17. The highest BCUT2D eigenvalue weighted by Gasteiger charge is 2.33. The summed E-state index contributed by atoms with van der Waals surface area (Å²) in [5.74, 6) is 2.59. The van der Waals surface area contributed by atoms with Crippen LogP contribution in [0.5, 0.6) is 11.5 Å². The van der Waals surface area contributed by atoms with Gasteiger partial charge in [0.2, 0.25) is 5.91 Å². The molecule has 37 heavy (non-hydrogen) atoms. The van der Waals surface area contributed by atoms with E-state index in [2.05, 4.69) is 35.2 Å². The van der Waals surface area contributed by atoms with Crippen molar-refractivity contribution >= 4 is 11.6 Å². The molecule has 202 valence electrons. The van der Waals surface area contributed by atoms with Gasteiger partial charge in [-0.3, -0.25) is 4.79 Å². The van der Waals surface area contributed by atoms with Crippen molar-refractivity contribution in [3.8, 4) is 11.5 Å². The molecule has 1 aliphatic carbocycles. The van der Waals surface area contributed by atoms with E-state index >= 15 is 0 Å². The van der Waals surface area contributed by atoms with Crippen molar-refractivity contribution in [3.63, 3.8) is 0 Å². The topological polar surface area (TPSA) is 60.5 Å². The molecule has 0 radical (unpaired) electrons. The minimum absolute atomic E-state index is 0.101. The molecule has 0 spiro atoms. The Hall–Kier alpha value is -2.77. The van der Waals surface area contributed by atoms with Gasteiger partial charge in [0.25, 0.3) is 0 Å². The van der Waals surface area contributed by atoms with E-state index in [-0.39, 0.29) is 17.9 Å². The van der Waals surface area contributed by atoms with E-state index in [4.69, 9.17) is 18.9 Å². The van der Waals surface area contributed by atoms with E-state index in [1.54, 1.807) is 19.1 Å². The Kier molecular flexibility index (Phi) is 9.69. The summed E-state index contributed by atoms with van der Waals surface area (Å²) in [6.45, 7) is 3.85. The van der Waals surface area contributed by atoms with Crippen LogP contribution in [-0.2, 0) is 20.9 Å². The van der Waals surface area contributed by atoms with Gasteiger partial charge in [-0.05, 0) is 67.0 Å². The maximum Gasteiger partial charge on any atom is 0.222 e. The average molecular weight is 511 g/mol. The highest BCUT2D eigenvalue weighted by molar-refractivity contribution is 5.75. The van der Waals surface area contributed by atoms with Gasteiger partial charge in [0.05, 0.1) is 32.1 Å². The van der Waals surface area contributed by atoms with Crippen molar-refractivity contribution < 1.29 is 23.7 Å². The number of methoxy groups -OCH3 is 2. The standard InChI is InChI=1S/C30H42N2O5/c1-31(2)30(33)20-22-6-12-28(26(18-22)24-8-10-25(35-4)11-9-24)37-21-23-7-13-29-27(19-23)32(15-17-36-29)14-5-16-34-3/h7-11,13,19,22,26,28H,5-6,12,14-18,20-21H2,1-4H3/t22-,26+,28-/m0/s1. The van der Waals surface area contributed by atoms with Crippen LogP contribution in [0.25, 0.3) is 0 Å². The fraction of sp³-hybridized carbons (Fsp3) is 0.567. The van der Waals surface area contributed by atoms with Gasteiger partial charge >= 0.3 is 0 Å². The molecule has 0 aromatic heterocycles. The van der Waals surface area contributed by atoms with Crippen molar-refractivity contribution in [3.05, 3.63) is 53.6 Å². The van der Waals surface area contributed by atoms with Crippen LogP contribution in [0.15, 0.2) is 42.5 Å². The highest BCUT2D eigenvalue weighted by Crippen LogP contribution is 2.41. The van der Waals surface area contributed by atoms with Gasteiger partial charge in [0, 0.05) is 46.7 Å². The van der Waals surface area contributed by atoms with Crippen LogP contribution in [0.1, 0.15) is 49.1 Å². The second-order valence-corrected chi connectivity index (χ2v) is 10.4. The Labute approximate surface area is 221 Å². The molecule has 1 heterocycles. The molecule has 2 aromatic carbocycles. The molecule has 1 saturated carbocycles. The first kappa shape index (κ1) is 27.3. The number of amides is 1. The summed E-state index contributed by atoms with van der Waals surface area (Å²) in [7, 11) is 7.10. The molecule has 0 N–H and O–H groups in total. The van der Waals surface area contributed by atoms with E-state index in [0.29, 0.717) is 25.6 Å². The molecule has 3 atom stereocenters. The normalized spacial score (nSPS) is 21.2. The molecule has 4 rings (SSSR count). The van der Waals surface area contributed by atoms with Gasteiger partial charge in [-0.25, -0.2) is 0 Å². The second kappa shape index (κ2) is 13.2. The molecule has 1 fully saturated rings. The van der Waals surface area contributed by atoms with Gasteiger partial charge in [0.1, 0.15) is 18.1 Å². The fourth-order valence-corrected chi connectivity index (χ4v) is 5.49. The minimum atomic E-state index is 0.101. The van der Waals surface area contributed by atoms with E-state index in [1.807, 2.05) is 26.2 Å². The maximum atomic E-state index is 12.4. The molecular weight excluding hydrogens is 468 g/mol. The number of ether oxygens (including phenoxy) is 4. The summed E-state index contributed by atoms with van der Waals surface area (Å²) in [6.07, 6.45) is 4.57. The highest BCUT2D eigenvalue weighted by atomic mass is 16.5. The van der Waals surface area contributed by atoms with Gasteiger partial charge in [-0.15, -0.1) is 0 Å². The lowest BCUT2D eigenvalue weighted by atomic mass is 9.74.